The van der Waals surface area contributed by atoms with E-state index in [4.69, 9.17) is 4.42 Å². The van der Waals surface area contributed by atoms with Crippen LogP contribution in [0.15, 0.2) is 217 Å². The predicted octanol–water partition coefficient (Wildman–Crippen LogP) is 14.9. The molecule has 0 spiro atoms. The third-order valence-corrected chi connectivity index (χ3v) is 10.2. The van der Waals surface area contributed by atoms with E-state index in [1.165, 1.54) is 0 Å². The van der Waals surface area contributed by atoms with Gasteiger partial charge in [0, 0.05) is 27.7 Å². The van der Waals surface area contributed by atoms with E-state index >= 15 is 0 Å². The fourth-order valence-corrected chi connectivity index (χ4v) is 7.58. The molecule has 54 heavy (non-hydrogen) atoms. The quantitative estimate of drug-likeness (QED) is 0.165. The van der Waals surface area contributed by atoms with Gasteiger partial charge in [-0.1, -0.05) is 170 Å². The fraction of sp³-hybridized carbons (Fsp3) is 0. The zero-order valence-corrected chi connectivity index (χ0v) is 29.3. The lowest BCUT2D eigenvalue weighted by atomic mass is 9.96. The van der Waals surface area contributed by atoms with Crippen LogP contribution in [0, 0.1) is 0 Å². The van der Waals surface area contributed by atoms with Crippen LogP contribution in [0.4, 0.5) is 17.1 Å². The Balaban J connectivity index is 1.12. The Bertz CT molecular complexity index is 3120. The molecule has 1 heterocycles. The molecule has 0 fully saturated rings. The van der Waals surface area contributed by atoms with Crippen LogP contribution in [0.1, 0.15) is 5.48 Å². The average molecular weight is 694 g/mol. The number of hydrogen-bond donors (Lipinski definition) is 0. The molecule has 0 aliphatic heterocycles. The van der Waals surface area contributed by atoms with Crippen LogP contribution in [0.25, 0.3) is 77.2 Å². The highest BCUT2D eigenvalue weighted by molar-refractivity contribution is 6.12. The minimum absolute atomic E-state index is 0.105. The molecule has 9 aromatic carbocycles. The summed E-state index contributed by atoms with van der Waals surface area (Å²) in [4.78, 5) is 1.87. The summed E-state index contributed by atoms with van der Waals surface area (Å²) >= 11 is 0. The molecule has 0 unspecified atom stereocenters. The standard InChI is InChI=1S/C52H35NO/c1-2-12-39(13-3-1)46-17-6-8-21-49(46)53(43-34-30-41(31-35-43)47-20-11-23-51-52(47)48-18-7-9-22-50(48)54-51)42-32-28-37(29-33-42)36-24-26-40(27-25-36)45-19-10-15-38-14-4-5-16-44(38)45/h1-35H/i28D,29D,32D,33D. The van der Waals surface area contributed by atoms with Crippen LogP contribution in [-0.2, 0) is 0 Å². The third-order valence-electron chi connectivity index (χ3n) is 10.2. The molecular weight excluding hydrogens is 655 g/mol. The maximum Gasteiger partial charge on any atom is 0.136 e. The number of furan rings is 1. The Kier molecular flexibility index (Phi) is 6.84. The molecule has 0 atom stereocenters. The molecule has 10 aromatic rings. The lowest BCUT2D eigenvalue weighted by Gasteiger charge is -2.28. The van der Waals surface area contributed by atoms with Crippen molar-refractivity contribution in [3.05, 3.63) is 212 Å². The number of para-hydroxylation sites is 2. The zero-order chi connectivity index (χ0) is 39.3. The highest BCUT2D eigenvalue weighted by Crippen LogP contribution is 2.43. The molecule has 2 heteroatoms. The summed E-state index contributed by atoms with van der Waals surface area (Å²) in [6.45, 7) is 0. The van der Waals surface area contributed by atoms with Gasteiger partial charge < -0.3 is 9.32 Å². The first-order chi connectivity index (χ1) is 28.5. The first-order valence-corrected chi connectivity index (χ1v) is 18.1. The number of rotatable bonds is 7. The molecule has 0 saturated heterocycles. The fourth-order valence-electron chi connectivity index (χ4n) is 7.58. The Labute approximate surface area is 320 Å². The van der Waals surface area contributed by atoms with Gasteiger partial charge in [0.2, 0.25) is 0 Å². The van der Waals surface area contributed by atoms with Crippen molar-refractivity contribution < 1.29 is 9.90 Å². The molecule has 0 radical (unpaired) electrons. The van der Waals surface area contributed by atoms with Gasteiger partial charge in [-0.3, -0.25) is 0 Å². The third kappa shape index (κ3) is 5.62. The molecule has 10 rings (SSSR count). The van der Waals surface area contributed by atoms with Crippen molar-refractivity contribution in [2.24, 2.45) is 0 Å². The van der Waals surface area contributed by atoms with Gasteiger partial charge >= 0.3 is 0 Å². The Morgan fingerprint density at radius 1 is 0.352 bits per heavy atom. The van der Waals surface area contributed by atoms with Gasteiger partial charge in [0.1, 0.15) is 11.2 Å². The first-order valence-electron chi connectivity index (χ1n) is 20.1. The van der Waals surface area contributed by atoms with E-state index in [-0.39, 0.29) is 35.4 Å². The molecule has 254 valence electrons. The van der Waals surface area contributed by atoms with E-state index in [9.17, 15) is 5.48 Å². The summed E-state index contributed by atoms with van der Waals surface area (Å²) in [6.07, 6.45) is 0. The van der Waals surface area contributed by atoms with Crippen molar-refractivity contribution in [3.63, 3.8) is 0 Å². The van der Waals surface area contributed by atoms with E-state index in [1.807, 2.05) is 157 Å². The van der Waals surface area contributed by atoms with Crippen LogP contribution >= 0.6 is 0 Å². The van der Waals surface area contributed by atoms with Crippen molar-refractivity contribution in [2.45, 2.75) is 0 Å². The van der Waals surface area contributed by atoms with E-state index in [1.54, 1.807) is 0 Å². The van der Waals surface area contributed by atoms with Gasteiger partial charge in [0.25, 0.3) is 0 Å². The van der Waals surface area contributed by atoms with E-state index < -0.39 is 0 Å². The molecule has 0 bridgehead atoms. The van der Waals surface area contributed by atoms with Crippen LogP contribution in [0.3, 0.4) is 0 Å². The van der Waals surface area contributed by atoms with Crippen LogP contribution in [0.2, 0.25) is 0 Å². The number of hydrogen-bond acceptors (Lipinski definition) is 2. The molecule has 0 amide bonds. The van der Waals surface area contributed by atoms with Crippen LogP contribution in [-0.4, -0.2) is 0 Å². The largest absolute Gasteiger partial charge is 0.456 e. The molecule has 0 aliphatic rings. The van der Waals surface area contributed by atoms with Crippen molar-refractivity contribution >= 4 is 49.8 Å². The summed E-state index contributed by atoms with van der Waals surface area (Å²) in [5.41, 5.74) is 10.1. The Morgan fingerprint density at radius 3 is 1.74 bits per heavy atom. The van der Waals surface area contributed by atoms with Gasteiger partial charge in [-0.2, -0.15) is 0 Å². The van der Waals surface area contributed by atoms with Gasteiger partial charge in [-0.15, -0.1) is 0 Å². The topological polar surface area (TPSA) is 16.4 Å². The van der Waals surface area contributed by atoms with Gasteiger partial charge in [0.05, 0.1) is 11.2 Å². The normalized spacial score (nSPS) is 12.4. The molecule has 2 nitrogen and oxygen atoms in total. The average Bonchev–Trinajstić information content (AvgIpc) is 3.67. The van der Waals surface area contributed by atoms with E-state index in [0.717, 1.165) is 71.8 Å². The van der Waals surface area contributed by atoms with Gasteiger partial charge in [-0.25, -0.2) is 0 Å². The lowest BCUT2D eigenvalue weighted by molar-refractivity contribution is 0.669. The monoisotopic (exact) mass is 693 g/mol. The number of fused-ring (bicyclic) bond motifs is 4. The van der Waals surface area contributed by atoms with Crippen molar-refractivity contribution in [2.75, 3.05) is 4.90 Å². The highest BCUT2D eigenvalue weighted by atomic mass is 16.3. The smallest absolute Gasteiger partial charge is 0.136 e. The second-order valence-corrected chi connectivity index (χ2v) is 13.4. The zero-order valence-electron chi connectivity index (χ0n) is 33.3. The SMILES string of the molecule is [2H]c1c([2H])c(N(c2ccc(-c3cccc4oc5ccccc5c34)cc2)c2ccccc2-c2ccccc2)c([2H])c([2H])c1-c1ccc(-c2cccc3ccccc23)cc1. The second-order valence-electron chi connectivity index (χ2n) is 13.4. The van der Waals surface area contributed by atoms with Crippen LogP contribution < -0.4 is 4.90 Å². The van der Waals surface area contributed by atoms with E-state index in [0.29, 0.717) is 11.3 Å². The maximum atomic E-state index is 9.58. The van der Waals surface area contributed by atoms with Gasteiger partial charge in [-0.05, 0) is 92.1 Å². The van der Waals surface area contributed by atoms with Gasteiger partial charge in [0.15, 0.2) is 0 Å². The lowest BCUT2D eigenvalue weighted by Crippen LogP contribution is -2.11. The molecule has 0 N–H and O–H groups in total. The summed E-state index contributed by atoms with van der Waals surface area (Å²) in [6, 6.07) is 62.0. The summed E-state index contributed by atoms with van der Waals surface area (Å²) < 4.78 is 44.2. The summed E-state index contributed by atoms with van der Waals surface area (Å²) in [5.74, 6) is 0. The molecular formula is C52H35NO. The molecule has 0 saturated carbocycles. The van der Waals surface area contributed by atoms with E-state index in [2.05, 4.69) is 36.4 Å². The second kappa shape index (κ2) is 13.4. The summed E-state index contributed by atoms with van der Waals surface area (Å²) in [7, 11) is 0. The molecule has 1 aromatic heterocycles. The number of anilines is 3. The highest BCUT2D eigenvalue weighted by Gasteiger charge is 2.18. The van der Waals surface area contributed by atoms with Crippen LogP contribution in [0.5, 0.6) is 0 Å². The number of benzene rings is 9. The predicted molar refractivity (Wildman–Crippen MR) is 228 cm³/mol. The summed E-state index contributed by atoms with van der Waals surface area (Å²) in [5, 5.41) is 4.37. The maximum absolute atomic E-state index is 9.58. The number of nitrogens with zero attached hydrogens (tertiary/aromatic N) is 1. The Morgan fingerprint density at radius 2 is 0.907 bits per heavy atom. The first kappa shape index (κ1) is 27.5. The van der Waals surface area contributed by atoms with Crippen molar-refractivity contribution in [1.82, 2.24) is 0 Å². The molecule has 0 aliphatic carbocycles. The minimum Gasteiger partial charge on any atom is -0.456 e. The van der Waals surface area contributed by atoms with Crippen molar-refractivity contribution in [3.8, 4) is 44.5 Å². The minimum atomic E-state index is -0.129. The Hall–Kier alpha value is -7.16. The van der Waals surface area contributed by atoms with Crippen molar-refractivity contribution in [1.29, 1.82) is 0 Å².